The number of aliphatic hydroxyl groups is 1. The predicted octanol–water partition coefficient (Wildman–Crippen LogP) is 5.03. The SMILES string of the molecule is COC(=O)N[C@H](C(=O)N[C@@H](Cc1ccc(C#Cc2ccc(N3CCN4CCOC[C@H]4C3)nc2)cc1)[C@@H](O)CNCc1c(F)cc(-c2ccn(C(F)F)n2)cc1F)C(C)(C)C(F)(F)F. The molecule has 0 unspecified atom stereocenters. The van der Waals surface area contributed by atoms with Gasteiger partial charge in [-0.3, -0.25) is 9.69 Å². The van der Waals surface area contributed by atoms with Gasteiger partial charge in [-0.1, -0.05) is 24.0 Å². The zero-order valence-corrected chi connectivity index (χ0v) is 34.6. The van der Waals surface area contributed by atoms with Crippen molar-refractivity contribution in [3.63, 3.8) is 0 Å². The second kappa shape index (κ2) is 20.2. The molecule has 0 radical (unpaired) electrons. The fraction of sp³-hybridized carbons (Fsp3) is 0.442. The number of alkyl halides is 5. The summed E-state index contributed by atoms with van der Waals surface area (Å²) in [4.78, 5) is 35.0. The van der Waals surface area contributed by atoms with Gasteiger partial charge in [-0.2, -0.15) is 27.1 Å². The van der Waals surface area contributed by atoms with Crippen LogP contribution in [0.5, 0.6) is 0 Å². The van der Waals surface area contributed by atoms with Gasteiger partial charge in [0.1, 0.15) is 23.5 Å². The van der Waals surface area contributed by atoms with Crippen LogP contribution in [-0.2, 0) is 27.2 Å². The van der Waals surface area contributed by atoms with Crippen LogP contribution in [0, 0.1) is 28.9 Å². The molecule has 2 fully saturated rings. The zero-order chi connectivity index (χ0) is 45.5. The standard InChI is InChI=1S/C43H47F7N8O5/c1-42(2,43(48,49)50)38(54-41(61)62-3)39(60)53-35(36(59)23-51-22-31-32(44)19-29(20-33(31)45)34-12-13-58(55-34)40(46)47)18-27-7-4-26(5-8-27)6-9-28-10-11-37(52-21-28)57-15-14-56-16-17-63-25-30(56)24-57/h4-5,7-8,10-13,19-21,30,35-36,38,40,51,59H,14-18,22-25H2,1-3H3,(H,53,60)(H,54,61)/t30-,35+,36+,38-/m1/s1. The minimum Gasteiger partial charge on any atom is -0.453 e. The van der Waals surface area contributed by atoms with Crippen LogP contribution >= 0.6 is 0 Å². The molecule has 0 saturated carbocycles. The molecular weight excluding hydrogens is 842 g/mol. The Kier molecular flexibility index (Phi) is 15.0. The number of morpholine rings is 1. The predicted molar refractivity (Wildman–Crippen MR) is 216 cm³/mol. The topological polar surface area (TPSA) is 146 Å². The second-order valence-corrected chi connectivity index (χ2v) is 15.7. The Morgan fingerprint density at radius 1 is 0.984 bits per heavy atom. The third-order valence-corrected chi connectivity index (χ3v) is 11.1. The van der Waals surface area contributed by atoms with E-state index >= 15 is 8.78 Å². The van der Waals surface area contributed by atoms with E-state index in [2.05, 4.69) is 47.1 Å². The Labute approximate surface area is 358 Å². The number of aliphatic hydroxyl groups excluding tert-OH is 1. The van der Waals surface area contributed by atoms with E-state index in [9.17, 15) is 36.6 Å². The summed E-state index contributed by atoms with van der Waals surface area (Å²) >= 11 is 0. The number of rotatable bonds is 14. The molecule has 13 nitrogen and oxygen atoms in total. The summed E-state index contributed by atoms with van der Waals surface area (Å²) in [7, 11) is 0.916. The van der Waals surface area contributed by atoms with Gasteiger partial charge in [0.05, 0.1) is 49.6 Å². The van der Waals surface area contributed by atoms with Crippen molar-refractivity contribution < 1.29 is 54.9 Å². The molecule has 0 spiro atoms. The third kappa shape index (κ3) is 11.6. The maximum absolute atomic E-state index is 15.1. The quantitative estimate of drug-likeness (QED) is 0.101. The number of hydrogen-bond donors (Lipinski definition) is 4. The van der Waals surface area contributed by atoms with E-state index in [0.717, 1.165) is 84.0 Å². The molecule has 0 bridgehead atoms. The van der Waals surface area contributed by atoms with Gasteiger partial charge in [0.2, 0.25) is 5.91 Å². The van der Waals surface area contributed by atoms with Crippen LogP contribution in [0.4, 0.5) is 41.3 Å². The first kappa shape index (κ1) is 46.7. The number of anilines is 1. The molecule has 2 aromatic heterocycles. The Bertz CT molecular complexity index is 2240. The molecule has 2 saturated heterocycles. The van der Waals surface area contributed by atoms with Crippen LogP contribution in [-0.4, -0.2) is 120 Å². The fourth-order valence-electron chi connectivity index (χ4n) is 7.20. The summed E-state index contributed by atoms with van der Waals surface area (Å²) in [5.41, 5.74) is -1.68. The van der Waals surface area contributed by atoms with E-state index in [1.165, 1.54) is 0 Å². The lowest BCUT2D eigenvalue weighted by Gasteiger charge is -2.44. The van der Waals surface area contributed by atoms with Crippen LogP contribution in [0.3, 0.4) is 0 Å². The number of nitrogens with one attached hydrogen (secondary N) is 3. The van der Waals surface area contributed by atoms with Crippen LogP contribution in [0.2, 0.25) is 0 Å². The smallest absolute Gasteiger partial charge is 0.407 e. The van der Waals surface area contributed by atoms with Gasteiger partial charge < -0.3 is 35.4 Å². The number of pyridine rings is 1. The number of piperazine rings is 1. The maximum Gasteiger partial charge on any atom is 0.407 e. The summed E-state index contributed by atoms with van der Waals surface area (Å²) in [6.45, 7) is 2.53. The Balaban J connectivity index is 1.15. The number of aromatic nitrogens is 3. The molecule has 2 amide bonds. The van der Waals surface area contributed by atoms with Crippen molar-refractivity contribution in [2.24, 2.45) is 5.41 Å². The van der Waals surface area contributed by atoms with Crippen LogP contribution in [0.15, 0.2) is 67.0 Å². The molecule has 4 aromatic rings. The molecule has 20 heteroatoms. The molecule has 338 valence electrons. The molecule has 2 aliphatic heterocycles. The number of methoxy groups -OCH3 is 1. The number of ether oxygens (including phenoxy) is 2. The summed E-state index contributed by atoms with van der Waals surface area (Å²) < 4.78 is 109. The minimum absolute atomic E-state index is 0.0992. The zero-order valence-electron chi connectivity index (χ0n) is 34.6. The van der Waals surface area contributed by atoms with E-state index < -0.39 is 78.6 Å². The number of nitrogens with zero attached hydrogens (tertiary/aromatic N) is 5. The number of hydrogen-bond acceptors (Lipinski definition) is 10. The van der Waals surface area contributed by atoms with Gasteiger partial charge in [-0.15, -0.1) is 0 Å². The van der Waals surface area contributed by atoms with Crippen LogP contribution < -0.4 is 20.9 Å². The van der Waals surface area contributed by atoms with Crippen molar-refractivity contribution >= 4 is 17.8 Å². The summed E-state index contributed by atoms with van der Waals surface area (Å²) in [6.07, 6.45) is -5.35. The van der Waals surface area contributed by atoms with Crippen molar-refractivity contribution in [2.45, 2.75) is 63.8 Å². The van der Waals surface area contributed by atoms with E-state index in [1.54, 1.807) is 30.5 Å². The summed E-state index contributed by atoms with van der Waals surface area (Å²) in [5, 5.41) is 22.0. The summed E-state index contributed by atoms with van der Waals surface area (Å²) in [6, 6.07) is 10.2. The second-order valence-electron chi connectivity index (χ2n) is 15.7. The van der Waals surface area contributed by atoms with E-state index in [4.69, 9.17) is 4.74 Å². The van der Waals surface area contributed by atoms with Gasteiger partial charge in [-0.25, -0.2) is 23.2 Å². The van der Waals surface area contributed by atoms with E-state index in [1.807, 2.05) is 17.4 Å². The van der Waals surface area contributed by atoms with Crippen molar-refractivity contribution in [3.8, 4) is 23.1 Å². The number of alkyl carbamates (subject to hydrolysis) is 1. The Morgan fingerprint density at radius 2 is 1.68 bits per heavy atom. The van der Waals surface area contributed by atoms with E-state index in [0.29, 0.717) is 34.0 Å². The average Bonchev–Trinajstić information content (AvgIpc) is 3.77. The Morgan fingerprint density at radius 3 is 2.32 bits per heavy atom. The van der Waals surface area contributed by atoms with Gasteiger partial charge in [0.15, 0.2) is 0 Å². The maximum atomic E-state index is 15.1. The lowest BCUT2D eigenvalue weighted by molar-refractivity contribution is -0.220. The third-order valence-electron chi connectivity index (χ3n) is 11.1. The number of amides is 2. The highest BCUT2D eigenvalue weighted by atomic mass is 19.4. The fourth-order valence-corrected chi connectivity index (χ4v) is 7.20. The van der Waals surface area contributed by atoms with Crippen molar-refractivity contribution in [1.82, 2.24) is 35.6 Å². The number of halogens is 7. The highest BCUT2D eigenvalue weighted by Gasteiger charge is 2.56. The first-order chi connectivity index (χ1) is 29.9. The molecule has 2 aliphatic rings. The van der Waals surface area contributed by atoms with Gasteiger partial charge in [0.25, 0.3) is 0 Å². The van der Waals surface area contributed by atoms with Gasteiger partial charge >= 0.3 is 18.8 Å². The first-order valence-corrected chi connectivity index (χ1v) is 20.0. The molecule has 0 aliphatic carbocycles. The molecule has 4 heterocycles. The highest BCUT2D eigenvalue weighted by Crippen LogP contribution is 2.40. The van der Waals surface area contributed by atoms with Gasteiger partial charge in [-0.05, 0) is 68.3 Å². The first-order valence-electron chi connectivity index (χ1n) is 20.0. The highest BCUT2D eigenvalue weighted by molar-refractivity contribution is 5.87. The molecule has 4 N–H and O–H groups in total. The normalized spacial score (nSPS) is 17.3. The van der Waals surface area contributed by atoms with Crippen molar-refractivity contribution in [3.05, 3.63) is 101 Å². The molecular formula is C43H47F7N8O5. The monoisotopic (exact) mass is 888 g/mol. The van der Waals surface area contributed by atoms with Crippen molar-refractivity contribution in [2.75, 3.05) is 57.9 Å². The molecule has 6 rings (SSSR count). The van der Waals surface area contributed by atoms with Crippen LogP contribution in [0.1, 0.15) is 42.7 Å². The van der Waals surface area contributed by atoms with E-state index in [-0.39, 0.29) is 17.7 Å². The number of fused-ring (bicyclic) bond motifs is 1. The lowest BCUT2D eigenvalue weighted by Crippen LogP contribution is -2.62. The van der Waals surface area contributed by atoms with Crippen LogP contribution in [0.25, 0.3) is 11.3 Å². The number of carbonyl (C=O) groups excluding carboxylic acids is 2. The minimum atomic E-state index is -4.98. The Hall–Kier alpha value is -5.75. The summed E-state index contributed by atoms with van der Waals surface area (Å²) in [5.74, 6) is 3.60. The largest absolute Gasteiger partial charge is 0.453 e. The molecule has 63 heavy (non-hydrogen) atoms. The van der Waals surface area contributed by atoms with Crippen molar-refractivity contribution in [1.29, 1.82) is 0 Å². The van der Waals surface area contributed by atoms with Gasteiger partial charge in [0, 0.05) is 73.9 Å². The lowest BCUT2D eigenvalue weighted by atomic mass is 9.82. The molecule has 2 aromatic carbocycles. The number of carbonyl (C=O) groups is 2. The average molecular weight is 889 g/mol. The molecule has 4 atom stereocenters. The number of benzene rings is 2.